The highest BCUT2D eigenvalue weighted by atomic mass is 35.5. The molecule has 156 valence electrons. The number of rotatable bonds is 3. The Morgan fingerprint density at radius 3 is 2.71 bits per heavy atom. The zero-order valence-corrected chi connectivity index (χ0v) is 17.9. The molecule has 0 spiro atoms. The zero-order chi connectivity index (χ0) is 20.2. The minimum atomic E-state index is -0.206. The second-order valence-electron chi connectivity index (χ2n) is 7.09. The number of anilines is 1. The number of para-hydroxylation sites is 1. The highest BCUT2D eigenvalue weighted by Gasteiger charge is 2.36. The first-order chi connectivity index (χ1) is 14.7. The Morgan fingerprint density at radius 1 is 1.10 bits per heavy atom. The van der Waals surface area contributed by atoms with Crippen LogP contribution in [0.5, 0.6) is 0 Å². The summed E-state index contributed by atoms with van der Waals surface area (Å²) in [5.74, 6) is 1.37. The maximum absolute atomic E-state index is 13.4. The fraction of sp³-hybridized carbons (Fsp3) is 0.150. The van der Waals surface area contributed by atoms with E-state index in [1.165, 1.54) is 6.33 Å². The average Bonchev–Trinajstić information content (AvgIpc) is 3.35. The van der Waals surface area contributed by atoms with Gasteiger partial charge in [0.15, 0.2) is 17.3 Å². The highest BCUT2D eigenvalue weighted by molar-refractivity contribution is 7.59. The predicted octanol–water partition coefficient (Wildman–Crippen LogP) is 2.87. The van der Waals surface area contributed by atoms with Gasteiger partial charge in [-0.1, -0.05) is 29.8 Å². The molecular weight excluding hydrogens is 436 g/mol. The van der Waals surface area contributed by atoms with Crippen molar-refractivity contribution in [2.45, 2.75) is 12.5 Å². The molecule has 1 N–H and O–H groups in total. The van der Waals surface area contributed by atoms with Crippen LogP contribution in [0.25, 0.3) is 22.4 Å². The molecule has 1 fully saturated rings. The third-order valence-electron chi connectivity index (χ3n) is 5.47. The molecule has 1 aromatic carbocycles. The Labute approximate surface area is 187 Å². The van der Waals surface area contributed by atoms with E-state index in [9.17, 15) is 4.79 Å². The van der Waals surface area contributed by atoms with Crippen molar-refractivity contribution in [3.63, 3.8) is 0 Å². The van der Waals surface area contributed by atoms with Crippen molar-refractivity contribution in [2.75, 3.05) is 11.4 Å². The highest BCUT2D eigenvalue weighted by Crippen LogP contribution is 2.38. The molecule has 5 heterocycles. The Balaban J connectivity index is 0.00000204. The number of halogens is 1. The molecule has 31 heavy (non-hydrogen) atoms. The molecule has 0 amide bonds. The number of hydrogen-bond donors (Lipinski definition) is 1. The Morgan fingerprint density at radius 2 is 1.94 bits per heavy atom. The fourth-order valence-electron chi connectivity index (χ4n) is 3.97. The van der Waals surface area contributed by atoms with Crippen LogP contribution in [0.1, 0.15) is 18.3 Å². The number of imidazole rings is 1. The van der Waals surface area contributed by atoms with E-state index in [1.54, 1.807) is 27.7 Å². The first kappa shape index (κ1) is 19.6. The van der Waals surface area contributed by atoms with Gasteiger partial charge in [-0.25, -0.2) is 19.5 Å². The normalized spacial score (nSPS) is 15.8. The number of benzene rings is 1. The summed E-state index contributed by atoms with van der Waals surface area (Å²) in [6.45, 7) is 0.783. The topological polar surface area (TPSA) is 97.0 Å². The molecular formula is C20H17ClN8OS. The average molecular weight is 453 g/mol. The maximum atomic E-state index is 13.4. The van der Waals surface area contributed by atoms with Crippen molar-refractivity contribution in [1.82, 2.24) is 34.1 Å². The summed E-state index contributed by atoms with van der Waals surface area (Å²) in [6, 6.07) is 11.0. The van der Waals surface area contributed by atoms with Gasteiger partial charge in [0.1, 0.15) is 17.4 Å². The molecule has 4 aromatic heterocycles. The third-order valence-corrected chi connectivity index (χ3v) is 5.77. The van der Waals surface area contributed by atoms with Crippen LogP contribution in [0.4, 0.5) is 5.82 Å². The van der Waals surface area contributed by atoms with E-state index < -0.39 is 0 Å². The molecule has 9 nitrogen and oxygen atoms in total. The predicted molar refractivity (Wildman–Crippen MR) is 123 cm³/mol. The molecule has 11 heteroatoms. The molecule has 0 bridgehead atoms. The van der Waals surface area contributed by atoms with E-state index in [4.69, 9.17) is 16.7 Å². The van der Waals surface area contributed by atoms with Crippen molar-refractivity contribution in [2.24, 2.45) is 0 Å². The van der Waals surface area contributed by atoms with Gasteiger partial charge in [0, 0.05) is 12.7 Å². The Kier molecular flexibility index (Phi) is 4.67. The van der Waals surface area contributed by atoms with E-state index in [1.807, 2.05) is 30.3 Å². The van der Waals surface area contributed by atoms with Crippen LogP contribution in [0.2, 0.25) is 5.02 Å². The lowest BCUT2D eigenvalue weighted by atomic mass is 10.0. The number of H-pyrrole nitrogens is 1. The van der Waals surface area contributed by atoms with Crippen molar-refractivity contribution in [3.8, 4) is 5.69 Å². The summed E-state index contributed by atoms with van der Waals surface area (Å²) in [6.07, 6.45) is 5.64. The van der Waals surface area contributed by atoms with Gasteiger partial charge in [0.05, 0.1) is 23.1 Å². The second-order valence-corrected chi connectivity index (χ2v) is 7.49. The van der Waals surface area contributed by atoms with Crippen molar-refractivity contribution in [3.05, 3.63) is 76.5 Å². The first-order valence-corrected chi connectivity index (χ1v) is 9.86. The number of aromatic nitrogens is 7. The van der Waals surface area contributed by atoms with Crippen molar-refractivity contribution >= 4 is 47.6 Å². The maximum Gasteiger partial charge on any atom is 0.284 e. The van der Waals surface area contributed by atoms with Crippen molar-refractivity contribution < 1.29 is 0 Å². The number of nitrogens with zero attached hydrogens (tertiary/aromatic N) is 7. The molecule has 0 aliphatic carbocycles. The summed E-state index contributed by atoms with van der Waals surface area (Å²) in [7, 11) is 0. The second kappa shape index (κ2) is 7.40. The lowest BCUT2D eigenvalue weighted by Crippen LogP contribution is -2.45. The van der Waals surface area contributed by atoms with Crippen LogP contribution in [0, 0.1) is 0 Å². The van der Waals surface area contributed by atoms with Crippen molar-refractivity contribution in [1.29, 1.82) is 0 Å². The van der Waals surface area contributed by atoms with E-state index in [0.29, 0.717) is 22.0 Å². The third kappa shape index (κ3) is 2.90. The number of aromatic amines is 1. The van der Waals surface area contributed by atoms with Crippen LogP contribution < -0.4 is 10.5 Å². The molecule has 6 rings (SSSR count). The Bertz CT molecular complexity index is 1460. The van der Waals surface area contributed by atoms with Gasteiger partial charge >= 0.3 is 0 Å². The molecule has 1 saturated heterocycles. The van der Waals surface area contributed by atoms with Gasteiger partial charge in [0.25, 0.3) is 5.56 Å². The van der Waals surface area contributed by atoms with E-state index in [-0.39, 0.29) is 25.1 Å². The molecule has 0 radical (unpaired) electrons. The summed E-state index contributed by atoms with van der Waals surface area (Å²) < 4.78 is 3.20. The molecule has 0 saturated carbocycles. The number of nitrogens with one attached hydrogen (secondary N) is 1. The molecule has 1 atom stereocenters. The van der Waals surface area contributed by atoms with E-state index >= 15 is 0 Å². The number of hydrogen-bond acceptors (Lipinski definition) is 6. The van der Waals surface area contributed by atoms with Gasteiger partial charge in [0.2, 0.25) is 0 Å². The summed E-state index contributed by atoms with van der Waals surface area (Å²) in [5, 5.41) is 5.16. The molecule has 1 aliphatic rings. The minimum absolute atomic E-state index is 0. The smallest absolute Gasteiger partial charge is 0.284 e. The quantitative estimate of drug-likeness (QED) is 0.452. The van der Waals surface area contributed by atoms with Gasteiger partial charge in [-0.3, -0.25) is 9.36 Å². The largest absolute Gasteiger partial charge is 0.344 e. The van der Waals surface area contributed by atoms with Gasteiger partial charge in [-0.15, -0.1) is 0 Å². The molecule has 5 aromatic rings. The first-order valence-electron chi connectivity index (χ1n) is 9.48. The SMILES string of the molecule is O=c1c2c(Cl)ccn2nc([C@@H]2CCN2c2ncnc3nc[nH]c23)n1-c1ccccc1.S. The van der Waals surface area contributed by atoms with Crippen LogP contribution in [0.15, 0.2) is 60.0 Å². The van der Waals surface area contributed by atoms with Crippen LogP contribution in [-0.2, 0) is 0 Å². The fourth-order valence-corrected chi connectivity index (χ4v) is 4.19. The van der Waals surface area contributed by atoms with E-state index in [0.717, 1.165) is 30.0 Å². The van der Waals surface area contributed by atoms with Crippen LogP contribution in [-0.4, -0.2) is 40.7 Å². The van der Waals surface area contributed by atoms with Crippen LogP contribution >= 0.6 is 25.1 Å². The summed E-state index contributed by atoms with van der Waals surface area (Å²) in [5.41, 5.74) is 2.26. The monoisotopic (exact) mass is 452 g/mol. The lowest BCUT2D eigenvalue weighted by Gasteiger charge is -2.41. The van der Waals surface area contributed by atoms with Gasteiger partial charge in [-0.2, -0.15) is 18.6 Å². The lowest BCUT2D eigenvalue weighted by molar-refractivity contribution is 0.424. The Hall–Kier alpha value is -3.37. The molecule has 1 aliphatic heterocycles. The number of fused-ring (bicyclic) bond motifs is 2. The summed E-state index contributed by atoms with van der Waals surface area (Å²) >= 11 is 6.28. The minimum Gasteiger partial charge on any atom is -0.344 e. The molecule has 0 unspecified atom stereocenters. The standard InChI is InChI=1S/C20H15ClN8O.H2S/c21-13-6-9-28-16(13)20(30)29(12-4-2-1-3-5-12)18(26-28)14-7-8-27(14)19-15-17(23-10-22-15)24-11-25-19;/h1-6,9-11,14H,7-8H2,(H,22,23,24,25);1H2/t14-;/m0./s1. The van der Waals surface area contributed by atoms with Crippen LogP contribution in [0.3, 0.4) is 0 Å². The zero-order valence-electron chi connectivity index (χ0n) is 16.1. The summed E-state index contributed by atoms with van der Waals surface area (Å²) in [4.78, 5) is 31.5. The van der Waals surface area contributed by atoms with E-state index in [2.05, 4.69) is 24.8 Å². The van der Waals surface area contributed by atoms with Gasteiger partial charge < -0.3 is 9.88 Å². The van der Waals surface area contributed by atoms with Gasteiger partial charge in [-0.05, 0) is 24.6 Å².